The molecule has 0 saturated heterocycles. The van der Waals surface area contributed by atoms with E-state index in [0.29, 0.717) is 22.3 Å². The van der Waals surface area contributed by atoms with E-state index in [9.17, 15) is 9.59 Å². The van der Waals surface area contributed by atoms with E-state index < -0.39 is 5.97 Å². The van der Waals surface area contributed by atoms with Crippen LogP contribution in [-0.2, 0) is 4.74 Å². The van der Waals surface area contributed by atoms with E-state index in [1.807, 2.05) is 0 Å². The molecule has 0 aliphatic heterocycles. The van der Waals surface area contributed by atoms with E-state index >= 15 is 0 Å². The predicted octanol–water partition coefficient (Wildman–Crippen LogP) is 1.77. The topological polar surface area (TPSA) is 84.9 Å². The van der Waals surface area contributed by atoms with Crippen molar-refractivity contribution in [3.05, 3.63) is 58.5 Å². The number of benzene rings is 1. The summed E-state index contributed by atoms with van der Waals surface area (Å²) in [4.78, 5) is 25.9. The van der Waals surface area contributed by atoms with Crippen LogP contribution in [0.2, 0.25) is 0 Å². The van der Waals surface area contributed by atoms with Gasteiger partial charge in [-0.1, -0.05) is 12.1 Å². The molecule has 1 aromatic carbocycles. The number of fused-ring (bicyclic) bond motifs is 1. The molecule has 0 aliphatic rings. The van der Waals surface area contributed by atoms with Crippen LogP contribution in [-0.4, -0.2) is 28.3 Å². The van der Waals surface area contributed by atoms with Crippen molar-refractivity contribution in [3.8, 4) is 11.3 Å². The Balaban J connectivity index is 2.23. The summed E-state index contributed by atoms with van der Waals surface area (Å²) in [5.41, 5.74) is 1.96. The lowest BCUT2D eigenvalue weighted by Crippen LogP contribution is -2.05. The van der Waals surface area contributed by atoms with Gasteiger partial charge in [-0.25, -0.2) is 4.79 Å². The highest BCUT2D eigenvalue weighted by atomic mass is 16.5. The molecule has 0 spiro atoms. The number of nitrogens with zero attached hydrogens (tertiary/aromatic N) is 2. The van der Waals surface area contributed by atoms with Crippen LogP contribution in [0.3, 0.4) is 0 Å². The van der Waals surface area contributed by atoms with Crippen molar-refractivity contribution in [3.63, 3.8) is 0 Å². The zero-order chi connectivity index (χ0) is 14.8. The molecule has 0 unspecified atom stereocenters. The number of hydrogen-bond donors (Lipinski definition) is 1. The highest BCUT2D eigenvalue weighted by molar-refractivity contribution is 5.94. The van der Waals surface area contributed by atoms with Crippen molar-refractivity contribution in [2.24, 2.45) is 0 Å². The summed E-state index contributed by atoms with van der Waals surface area (Å²) in [6.07, 6.45) is 1.57. The fourth-order valence-corrected chi connectivity index (χ4v) is 2.10. The zero-order valence-corrected chi connectivity index (χ0v) is 11.2. The third kappa shape index (κ3) is 2.38. The van der Waals surface area contributed by atoms with E-state index in [4.69, 9.17) is 4.74 Å². The average molecular weight is 281 g/mol. The molecule has 104 valence electrons. The summed E-state index contributed by atoms with van der Waals surface area (Å²) in [5.74, 6) is -0.432. The SMILES string of the molecule is COC(=O)c1cccc(-c2nncc3ccc(=O)[nH]c23)c1. The Hall–Kier alpha value is -3.02. The first-order chi connectivity index (χ1) is 10.2. The number of hydrogen-bond acceptors (Lipinski definition) is 5. The lowest BCUT2D eigenvalue weighted by molar-refractivity contribution is 0.0601. The van der Waals surface area contributed by atoms with Crippen LogP contribution in [0.5, 0.6) is 0 Å². The Morgan fingerprint density at radius 2 is 2.10 bits per heavy atom. The van der Waals surface area contributed by atoms with Crippen molar-refractivity contribution in [1.82, 2.24) is 15.2 Å². The number of H-pyrrole nitrogens is 1. The number of aromatic nitrogens is 3. The molecule has 2 heterocycles. The second-order valence-electron chi connectivity index (χ2n) is 4.42. The van der Waals surface area contributed by atoms with E-state index in [1.165, 1.54) is 13.2 Å². The van der Waals surface area contributed by atoms with Gasteiger partial charge >= 0.3 is 5.97 Å². The fraction of sp³-hybridized carbons (Fsp3) is 0.0667. The van der Waals surface area contributed by atoms with Crippen molar-refractivity contribution in [2.75, 3.05) is 7.11 Å². The molecule has 6 nitrogen and oxygen atoms in total. The Bertz CT molecular complexity index is 886. The minimum absolute atomic E-state index is 0.221. The Labute approximate surface area is 119 Å². The van der Waals surface area contributed by atoms with E-state index in [0.717, 1.165) is 5.39 Å². The van der Waals surface area contributed by atoms with Crippen LogP contribution in [0.15, 0.2) is 47.4 Å². The molecule has 0 saturated carbocycles. The van der Waals surface area contributed by atoms with Crippen LogP contribution in [0, 0.1) is 0 Å². The minimum Gasteiger partial charge on any atom is -0.465 e. The first-order valence-electron chi connectivity index (χ1n) is 6.22. The van der Waals surface area contributed by atoms with Crippen LogP contribution in [0.1, 0.15) is 10.4 Å². The molecule has 21 heavy (non-hydrogen) atoms. The zero-order valence-electron chi connectivity index (χ0n) is 11.2. The molecule has 0 atom stereocenters. The highest BCUT2D eigenvalue weighted by Crippen LogP contribution is 2.24. The van der Waals surface area contributed by atoms with Gasteiger partial charge in [-0.05, 0) is 18.2 Å². The summed E-state index contributed by atoms with van der Waals surface area (Å²) in [7, 11) is 1.32. The molecule has 6 heteroatoms. The van der Waals surface area contributed by atoms with Gasteiger partial charge in [-0.15, -0.1) is 5.10 Å². The van der Waals surface area contributed by atoms with Crippen LogP contribution in [0.25, 0.3) is 22.2 Å². The van der Waals surface area contributed by atoms with E-state index in [2.05, 4.69) is 15.2 Å². The third-order valence-electron chi connectivity index (χ3n) is 3.10. The molecule has 0 fully saturated rings. The maximum absolute atomic E-state index is 11.6. The number of pyridine rings is 1. The van der Waals surface area contributed by atoms with Crippen LogP contribution >= 0.6 is 0 Å². The number of ether oxygens (including phenoxy) is 1. The quantitative estimate of drug-likeness (QED) is 0.724. The first kappa shape index (κ1) is 13.0. The van der Waals surface area contributed by atoms with Gasteiger partial charge < -0.3 is 9.72 Å². The molecule has 2 aromatic heterocycles. The van der Waals surface area contributed by atoms with Crippen LogP contribution in [0.4, 0.5) is 0 Å². The molecule has 1 N–H and O–H groups in total. The Kier molecular flexibility index (Phi) is 3.19. The third-order valence-corrected chi connectivity index (χ3v) is 3.10. The van der Waals surface area contributed by atoms with Gasteiger partial charge in [0.15, 0.2) is 0 Å². The molecule has 0 radical (unpaired) electrons. The lowest BCUT2D eigenvalue weighted by atomic mass is 10.1. The van der Waals surface area contributed by atoms with Crippen molar-refractivity contribution in [2.45, 2.75) is 0 Å². The van der Waals surface area contributed by atoms with E-state index in [-0.39, 0.29) is 5.56 Å². The Morgan fingerprint density at radius 3 is 2.90 bits per heavy atom. The van der Waals surface area contributed by atoms with Gasteiger partial charge in [0.05, 0.1) is 24.4 Å². The molecule has 0 amide bonds. The van der Waals surface area contributed by atoms with Gasteiger partial charge in [0.25, 0.3) is 0 Å². The molecular formula is C15H11N3O3. The first-order valence-corrected chi connectivity index (χ1v) is 6.22. The summed E-state index contributed by atoms with van der Waals surface area (Å²) < 4.78 is 4.70. The van der Waals surface area contributed by atoms with Gasteiger partial charge in [-0.3, -0.25) is 4.79 Å². The maximum atomic E-state index is 11.6. The lowest BCUT2D eigenvalue weighted by Gasteiger charge is -2.06. The molecular weight excluding hydrogens is 270 g/mol. The second kappa shape index (κ2) is 5.16. The number of nitrogens with one attached hydrogen (secondary N) is 1. The number of rotatable bonds is 2. The summed E-state index contributed by atoms with van der Waals surface area (Å²) in [5, 5.41) is 8.76. The summed E-state index contributed by atoms with van der Waals surface area (Å²) in [6.45, 7) is 0. The molecule has 0 aliphatic carbocycles. The second-order valence-corrected chi connectivity index (χ2v) is 4.42. The average Bonchev–Trinajstić information content (AvgIpc) is 2.53. The van der Waals surface area contributed by atoms with Gasteiger partial charge in [0.1, 0.15) is 5.69 Å². The number of carbonyl (C=O) groups is 1. The normalized spacial score (nSPS) is 10.5. The smallest absolute Gasteiger partial charge is 0.337 e. The molecule has 3 rings (SSSR count). The highest BCUT2D eigenvalue weighted by Gasteiger charge is 2.11. The Morgan fingerprint density at radius 1 is 1.24 bits per heavy atom. The minimum atomic E-state index is -0.432. The summed E-state index contributed by atoms with van der Waals surface area (Å²) >= 11 is 0. The predicted molar refractivity (Wildman–Crippen MR) is 76.9 cm³/mol. The van der Waals surface area contributed by atoms with Crippen molar-refractivity contribution < 1.29 is 9.53 Å². The number of esters is 1. The van der Waals surface area contributed by atoms with Crippen LogP contribution < -0.4 is 5.56 Å². The van der Waals surface area contributed by atoms with E-state index in [1.54, 1.807) is 36.5 Å². The maximum Gasteiger partial charge on any atom is 0.337 e. The standard InChI is InChI=1S/C15H11N3O3/c1-21-15(20)10-4-2-3-9(7-10)14-13-11(8-16-18-14)5-6-12(19)17-13/h2-8H,1H3,(H,17,19). The number of carbonyl (C=O) groups excluding carboxylic acids is 1. The number of methoxy groups -OCH3 is 1. The van der Waals surface area contributed by atoms with Gasteiger partial charge in [-0.2, -0.15) is 5.10 Å². The monoisotopic (exact) mass is 281 g/mol. The van der Waals surface area contributed by atoms with Crippen molar-refractivity contribution in [1.29, 1.82) is 0 Å². The molecule has 3 aromatic rings. The fourth-order valence-electron chi connectivity index (χ4n) is 2.10. The number of aromatic amines is 1. The van der Waals surface area contributed by atoms with Crippen molar-refractivity contribution >= 4 is 16.9 Å². The largest absolute Gasteiger partial charge is 0.465 e. The summed E-state index contributed by atoms with van der Waals surface area (Å²) in [6, 6.07) is 9.93. The van der Waals surface area contributed by atoms with Gasteiger partial charge in [0.2, 0.25) is 5.56 Å². The molecule has 0 bridgehead atoms. The van der Waals surface area contributed by atoms with Gasteiger partial charge in [0, 0.05) is 17.0 Å².